The van der Waals surface area contributed by atoms with Gasteiger partial charge in [-0.2, -0.15) is 5.10 Å². The molecule has 0 unspecified atom stereocenters. The molecule has 3 aromatic rings. The summed E-state index contributed by atoms with van der Waals surface area (Å²) in [4.78, 5) is 24.1. The van der Waals surface area contributed by atoms with E-state index >= 15 is 0 Å². The lowest BCUT2D eigenvalue weighted by Crippen LogP contribution is -2.27. The molecule has 0 spiro atoms. The summed E-state index contributed by atoms with van der Waals surface area (Å²) in [5, 5.41) is 4.65. The molecule has 1 N–H and O–H groups in total. The lowest BCUT2D eigenvalue weighted by Gasteiger charge is -2.28. The number of hydrogen-bond donors (Lipinski definition) is 1. The van der Waals surface area contributed by atoms with Crippen LogP contribution in [0.3, 0.4) is 0 Å². The van der Waals surface area contributed by atoms with Crippen LogP contribution in [0.25, 0.3) is 11.0 Å². The van der Waals surface area contributed by atoms with E-state index in [0.717, 1.165) is 11.3 Å². The summed E-state index contributed by atoms with van der Waals surface area (Å²) in [6.45, 7) is 1.95. The highest BCUT2D eigenvalue weighted by molar-refractivity contribution is 5.73. The highest BCUT2D eigenvalue weighted by Crippen LogP contribution is 2.38. The van der Waals surface area contributed by atoms with Crippen LogP contribution >= 0.6 is 0 Å². The van der Waals surface area contributed by atoms with Crippen LogP contribution in [0.15, 0.2) is 29.3 Å². The Labute approximate surface area is 148 Å². The molecule has 1 aliphatic carbocycles. The largest absolute Gasteiger partial charge is 0.310 e. The fraction of sp³-hybridized carbons (Fsp3) is 0.444. The third kappa shape index (κ3) is 3.11. The number of aryl methyl sites for hydroxylation is 1. The van der Waals surface area contributed by atoms with Gasteiger partial charge in [0.25, 0.3) is 5.56 Å². The van der Waals surface area contributed by atoms with Crippen molar-refractivity contribution in [3.8, 4) is 0 Å². The first-order valence-electron chi connectivity index (χ1n) is 8.68. The molecule has 3 aromatic heterocycles. The summed E-state index contributed by atoms with van der Waals surface area (Å²) in [7, 11) is 0. The quantitative estimate of drug-likeness (QED) is 0.779. The minimum absolute atomic E-state index is 0.161. The molecule has 1 saturated carbocycles. The highest BCUT2D eigenvalue weighted by Gasteiger charge is 2.36. The number of pyridine rings is 1. The minimum atomic E-state index is -2.61. The van der Waals surface area contributed by atoms with Crippen molar-refractivity contribution in [3.63, 3.8) is 0 Å². The number of rotatable bonds is 3. The van der Waals surface area contributed by atoms with Crippen LogP contribution < -0.4 is 5.56 Å². The summed E-state index contributed by atoms with van der Waals surface area (Å²) in [5.74, 6) is -2.11. The molecular weight excluding hydrogens is 340 g/mol. The van der Waals surface area contributed by atoms with Crippen molar-refractivity contribution in [2.45, 2.75) is 51.0 Å². The van der Waals surface area contributed by atoms with Gasteiger partial charge in [0.15, 0.2) is 5.65 Å². The molecule has 6 nitrogen and oxygen atoms in total. The Morgan fingerprint density at radius 2 is 2.12 bits per heavy atom. The molecule has 3 heterocycles. The van der Waals surface area contributed by atoms with E-state index in [9.17, 15) is 13.6 Å². The SMILES string of the molecule is Cc1cccnc1Cc1nc2c(cnn2C2CCC(F)(F)CC2)c(=O)[nH]1. The van der Waals surface area contributed by atoms with E-state index in [4.69, 9.17) is 0 Å². The van der Waals surface area contributed by atoms with Gasteiger partial charge in [0, 0.05) is 25.5 Å². The van der Waals surface area contributed by atoms with Crippen LogP contribution in [-0.4, -0.2) is 30.7 Å². The second-order valence-corrected chi connectivity index (χ2v) is 6.87. The van der Waals surface area contributed by atoms with Crippen molar-refractivity contribution in [3.05, 3.63) is 52.0 Å². The molecule has 4 rings (SSSR count). The average molecular weight is 359 g/mol. The molecule has 0 bridgehead atoms. The molecule has 8 heteroatoms. The first-order chi connectivity index (χ1) is 12.4. The van der Waals surface area contributed by atoms with E-state index in [1.807, 2.05) is 19.1 Å². The molecule has 0 amide bonds. The molecule has 1 fully saturated rings. The number of nitrogens with zero attached hydrogens (tertiary/aromatic N) is 4. The molecule has 1 aliphatic rings. The van der Waals surface area contributed by atoms with Gasteiger partial charge in [-0.3, -0.25) is 9.78 Å². The summed E-state index contributed by atoms with van der Waals surface area (Å²) < 4.78 is 28.5. The topological polar surface area (TPSA) is 76.5 Å². The van der Waals surface area contributed by atoms with Crippen LogP contribution in [0.5, 0.6) is 0 Å². The molecule has 0 aromatic carbocycles. The minimum Gasteiger partial charge on any atom is -0.310 e. The van der Waals surface area contributed by atoms with Crippen molar-refractivity contribution in [1.82, 2.24) is 24.7 Å². The molecule has 26 heavy (non-hydrogen) atoms. The number of aromatic amines is 1. The highest BCUT2D eigenvalue weighted by atomic mass is 19.3. The number of nitrogens with one attached hydrogen (secondary N) is 1. The van der Waals surface area contributed by atoms with E-state index < -0.39 is 5.92 Å². The summed E-state index contributed by atoms with van der Waals surface area (Å²) in [5.41, 5.74) is 2.02. The molecule has 0 aliphatic heterocycles. The maximum Gasteiger partial charge on any atom is 0.262 e. The Bertz CT molecular complexity index is 1000. The van der Waals surface area contributed by atoms with E-state index in [-0.39, 0.29) is 24.4 Å². The van der Waals surface area contributed by atoms with Gasteiger partial charge in [0.05, 0.1) is 17.9 Å². The van der Waals surface area contributed by atoms with E-state index in [0.29, 0.717) is 36.1 Å². The zero-order valence-corrected chi connectivity index (χ0v) is 14.4. The Balaban J connectivity index is 1.70. The van der Waals surface area contributed by atoms with Crippen molar-refractivity contribution >= 4 is 11.0 Å². The summed E-state index contributed by atoms with van der Waals surface area (Å²) in [6, 6.07) is 3.64. The van der Waals surface area contributed by atoms with Gasteiger partial charge in [-0.15, -0.1) is 0 Å². The number of aromatic nitrogens is 5. The van der Waals surface area contributed by atoms with E-state index in [2.05, 4.69) is 20.1 Å². The maximum absolute atomic E-state index is 13.4. The van der Waals surface area contributed by atoms with Gasteiger partial charge < -0.3 is 4.98 Å². The first-order valence-corrected chi connectivity index (χ1v) is 8.68. The summed E-state index contributed by atoms with van der Waals surface area (Å²) >= 11 is 0. The number of hydrogen-bond acceptors (Lipinski definition) is 4. The van der Waals surface area contributed by atoms with Gasteiger partial charge in [-0.05, 0) is 31.4 Å². The van der Waals surface area contributed by atoms with Crippen LogP contribution in [0.2, 0.25) is 0 Å². The zero-order valence-electron chi connectivity index (χ0n) is 14.4. The second-order valence-electron chi connectivity index (χ2n) is 6.87. The van der Waals surface area contributed by atoms with E-state index in [1.54, 1.807) is 10.9 Å². The second kappa shape index (κ2) is 6.26. The number of halogens is 2. The monoisotopic (exact) mass is 359 g/mol. The van der Waals surface area contributed by atoms with Crippen LogP contribution in [-0.2, 0) is 6.42 Å². The standard InChI is InChI=1S/C18H19F2N5O/c1-11-3-2-8-21-14(11)9-15-23-16-13(17(26)24-15)10-22-25(16)12-4-6-18(19,20)7-5-12/h2-3,8,10,12H,4-7,9H2,1H3,(H,23,24,26). The molecule has 0 atom stereocenters. The van der Waals surface area contributed by atoms with Crippen molar-refractivity contribution in [2.75, 3.05) is 0 Å². The molecular formula is C18H19F2N5O. The molecule has 136 valence electrons. The van der Waals surface area contributed by atoms with Crippen molar-refractivity contribution in [1.29, 1.82) is 0 Å². The van der Waals surface area contributed by atoms with Gasteiger partial charge in [-0.1, -0.05) is 6.07 Å². The van der Waals surface area contributed by atoms with E-state index in [1.165, 1.54) is 6.20 Å². The zero-order chi connectivity index (χ0) is 18.3. The lowest BCUT2D eigenvalue weighted by atomic mass is 9.92. The smallest absolute Gasteiger partial charge is 0.262 e. The molecule has 0 saturated heterocycles. The maximum atomic E-state index is 13.4. The van der Waals surface area contributed by atoms with Crippen LogP contribution in [0.4, 0.5) is 8.78 Å². The Morgan fingerprint density at radius 3 is 2.85 bits per heavy atom. The predicted molar refractivity (Wildman–Crippen MR) is 92.4 cm³/mol. The predicted octanol–water partition coefficient (Wildman–Crippen LogP) is 3.16. The lowest BCUT2D eigenvalue weighted by molar-refractivity contribution is -0.0446. The van der Waals surface area contributed by atoms with Crippen molar-refractivity contribution in [2.24, 2.45) is 0 Å². The third-order valence-corrected chi connectivity index (χ3v) is 5.00. The van der Waals surface area contributed by atoms with Gasteiger partial charge in [0.2, 0.25) is 5.92 Å². The number of H-pyrrole nitrogens is 1. The normalized spacial score (nSPS) is 17.7. The fourth-order valence-corrected chi connectivity index (χ4v) is 3.46. The average Bonchev–Trinajstić information content (AvgIpc) is 3.01. The fourth-order valence-electron chi connectivity index (χ4n) is 3.46. The number of alkyl halides is 2. The van der Waals surface area contributed by atoms with Gasteiger partial charge in [0.1, 0.15) is 11.2 Å². The molecule has 0 radical (unpaired) electrons. The number of fused-ring (bicyclic) bond motifs is 1. The van der Waals surface area contributed by atoms with Gasteiger partial charge in [-0.25, -0.2) is 18.4 Å². The third-order valence-electron chi connectivity index (χ3n) is 5.00. The van der Waals surface area contributed by atoms with Crippen molar-refractivity contribution < 1.29 is 8.78 Å². The first kappa shape index (κ1) is 16.8. The van der Waals surface area contributed by atoms with Crippen LogP contribution in [0.1, 0.15) is 48.8 Å². The Morgan fingerprint density at radius 1 is 1.35 bits per heavy atom. The Hall–Kier alpha value is -2.64. The van der Waals surface area contributed by atoms with Crippen LogP contribution in [0, 0.1) is 6.92 Å². The van der Waals surface area contributed by atoms with Gasteiger partial charge >= 0.3 is 0 Å². The summed E-state index contributed by atoms with van der Waals surface area (Å²) in [6.07, 6.45) is 3.88. The Kier molecular flexibility index (Phi) is 4.05.